The first-order valence-electron chi connectivity index (χ1n) is 10.9. The Kier molecular flexibility index (Phi) is 8.61. The minimum Gasteiger partial charge on any atom is -0.467 e. The van der Waals surface area contributed by atoms with E-state index in [2.05, 4.69) is 18.7 Å². The number of aromatic nitrogens is 1. The lowest BCUT2D eigenvalue weighted by molar-refractivity contribution is -0.153. The zero-order valence-corrected chi connectivity index (χ0v) is 21.7. The number of benzene rings is 1. The van der Waals surface area contributed by atoms with Gasteiger partial charge in [0.25, 0.3) is 0 Å². The fourth-order valence-corrected chi connectivity index (χ4v) is 5.64. The number of aryl methyl sites for hydroxylation is 1. The van der Waals surface area contributed by atoms with Crippen LogP contribution >= 0.6 is 34.5 Å². The predicted molar refractivity (Wildman–Crippen MR) is 134 cm³/mol. The molecular formula is C23H30Cl2N4O3S. The molecule has 2 aromatic rings. The van der Waals surface area contributed by atoms with Crippen molar-refractivity contribution in [3.8, 4) is 11.3 Å². The van der Waals surface area contributed by atoms with E-state index in [9.17, 15) is 9.59 Å². The molecule has 10 heteroatoms. The zero-order chi connectivity index (χ0) is 24.3. The van der Waals surface area contributed by atoms with Gasteiger partial charge in [0.1, 0.15) is 6.04 Å². The molecular weight excluding hydrogens is 483 g/mol. The van der Waals surface area contributed by atoms with Crippen molar-refractivity contribution in [3.05, 3.63) is 32.6 Å². The fraction of sp³-hybridized carbons (Fsp3) is 0.522. The summed E-state index contributed by atoms with van der Waals surface area (Å²) < 4.78 is 4.99. The van der Waals surface area contributed by atoms with Crippen LogP contribution in [0.1, 0.15) is 30.7 Å². The summed E-state index contributed by atoms with van der Waals surface area (Å²) in [5.41, 5.74) is 8.24. The summed E-state index contributed by atoms with van der Waals surface area (Å²) in [7, 11) is 1.34. The molecule has 0 aliphatic carbocycles. The van der Waals surface area contributed by atoms with Gasteiger partial charge in [-0.15, -0.1) is 11.3 Å². The Bertz CT molecular complexity index is 1000. The summed E-state index contributed by atoms with van der Waals surface area (Å²) in [6.45, 7) is 7.78. The highest BCUT2D eigenvalue weighted by Crippen LogP contribution is 2.38. The maximum Gasteiger partial charge on any atom is 0.330 e. The molecule has 1 fully saturated rings. The largest absolute Gasteiger partial charge is 0.467 e. The molecule has 1 amide bonds. The second kappa shape index (κ2) is 11.0. The number of carbonyl (C=O) groups is 2. The molecule has 2 N–H and O–H groups in total. The topological polar surface area (TPSA) is 88.8 Å². The van der Waals surface area contributed by atoms with Gasteiger partial charge in [-0.05, 0) is 37.0 Å². The van der Waals surface area contributed by atoms with Crippen molar-refractivity contribution in [1.29, 1.82) is 0 Å². The van der Waals surface area contributed by atoms with Gasteiger partial charge in [0.15, 0.2) is 5.13 Å². The van der Waals surface area contributed by atoms with Crippen LogP contribution in [0.25, 0.3) is 11.3 Å². The Morgan fingerprint density at radius 1 is 1.30 bits per heavy atom. The van der Waals surface area contributed by atoms with E-state index in [-0.39, 0.29) is 18.9 Å². The molecule has 3 rings (SSSR count). The van der Waals surface area contributed by atoms with Gasteiger partial charge >= 0.3 is 5.97 Å². The molecule has 1 aromatic carbocycles. The average molecular weight is 513 g/mol. The maximum atomic E-state index is 12.5. The number of thiazole rings is 1. The number of hydrogen-bond acceptors (Lipinski definition) is 7. The molecule has 33 heavy (non-hydrogen) atoms. The van der Waals surface area contributed by atoms with E-state index in [1.165, 1.54) is 7.11 Å². The molecule has 7 nitrogen and oxygen atoms in total. The summed E-state index contributed by atoms with van der Waals surface area (Å²) in [4.78, 5) is 34.7. The standard InChI is InChI=1S/C23H30Cl2N4O3S/c1-13(2)9-18-21(15-10-14(3)20(25)16(24)11-15)27-23(33-18)28-7-8-29(19(30)5-6-26)17(12-28)22(31)32-4/h10-11,13,17H,5-9,12,26H2,1-4H3. The number of esters is 1. The molecule has 1 saturated heterocycles. The quantitative estimate of drug-likeness (QED) is 0.560. The number of anilines is 1. The number of nitrogens with two attached hydrogens (primary N) is 1. The fourth-order valence-electron chi connectivity index (χ4n) is 3.93. The van der Waals surface area contributed by atoms with Gasteiger partial charge < -0.3 is 20.3 Å². The van der Waals surface area contributed by atoms with Crippen LogP contribution in [0.3, 0.4) is 0 Å². The van der Waals surface area contributed by atoms with Gasteiger partial charge in [0.2, 0.25) is 5.91 Å². The lowest BCUT2D eigenvalue weighted by Gasteiger charge is -2.39. The SMILES string of the molecule is COC(=O)C1CN(c2nc(-c3cc(C)c(Cl)c(Cl)c3)c(CC(C)C)s2)CCN1C(=O)CCN. The van der Waals surface area contributed by atoms with Gasteiger partial charge in [-0.25, -0.2) is 9.78 Å². The monoisotopic (exact) mass is 512 g/mol. The first-order chi connectivity index (χ1) is 15.7. The van der Waals surface area contributed by atoms with E-state index >= 15 is 0 Å². The normalized spacial score (nSPS) is 16.4. The smallest absolute Gasteiger partial charge is 0.330 e. The van der Waals surface area contributed by atoms with Gasteiger partial charge in [-0.1, -0.05) is 37.0 Å². The van der Waals surface area contributed by atoms with Crippen LogP contribution in [0.2, 0.25) is 10.0 Å². The van der Waals surface area contributed by atoms with Crippen molar-refractivity contribution < 1.29 is 14.3 Å². The molecule has 1 unspecified atom stereocenters. The summed E-state index contributed by atoms with van der Waals surface area (Å²) in [6, 6.07) is 3.15. The second-order valence-corrected chi connectivity index (χ2v) is 10.4. The van der Waals surface area contributed by atoms with Crippen molar-refractivity contribution in [2.45, 2.75) is 39.7 Å². The molecule has 1 aromatic heterocycles. The van der Waals surface area contributed by atoms with Crippen molar-refractivity contribution in [2.24, 2.45) is 11.7 Å². The highest BCUT2D eigenvalue weighted by atomic mass is 35.5. The Morgan fingerprint density at radius 2 is 2.03 bits per heavy atom. The molecule has 0 saturated carbocycles. The zero-order valence-electron chi connectivity index (χ0n) is 19.4. The average Bonchev–Trinajstić information content (AvgIpc) is 3.19. The Hall–Kier alpha value is -1.87. The summed E-state index contributed by atoms with van der Waals surface area (Å²) >= 11 is 14.2. The Balaban J connectivity index is 1.96. The Labute approximate surface area is 208 Å². The van der Waals surface area contributed by atoms with Crippen molar-refractivity contribution in [1.82, 2.24) is 9.88 Å². The van der Waals surface area contributed by atoms with E-state index in [1.54, 1.807) is 16.2 Å². The molecule has 1 aliphatic rings. The molecule has 0 radical (unpaired) electrons. The maximum absolute atomic E-state index is 12.5. The number of carbonyl (C=O) groups excluding carboxylic acids is 2. The van der Waals surface area contributed by atoms with Crippen LogP contribution < -0.4 is 10.6 Å². The molecule has 2 heterocycles. The van der Waals surface area contributed by atoms with Crippen LogP contribution in [0.5, 0.6) is 0 Å². The molecule has 1 aliphatic heterocycles. The van der Waals surface area contributed by atoms with Gasteiger partial charge in [-0.3, -0.25) is 4.79 Å². The van der Waals surface area contributed by atoms with E-state index in [4.69, 9.17) is 38.7 Å². The Morgan fingerprint density at radius 3 is 2.64 bits per heavy atom. The van der Waals surface area contributed by atoms with E-state index < -0.39 is 12.0 Å². The van der Waals surface area contributed by atoms with Crippen molar-refractivity contribution in [3.63, 3.8) is 0 Å². The first-order valence-corrected chi connectivity index (χ1v) is 12.5. The lowest BCUT2D eigenvalue weighted by Crippen LogP contribution is -2.58. The first kappa shape index (κ1) is 25.7. The van der Waals surface area contributed by atoms with E-state index in [0.29, 0.717) is 35.6 Å². The number of halogens is 2. The molecule has 180 valence electrons. The van der Waals surface area contributed by atoms with Crippen LogP contribution in [0.4, 0.5) is 5.13 Å². The number of piperazine rings is 1. The molecule has 0 bridgehead atoms. The second-order valence-electron chi connectivity index (χ2n) is 8.57. The number of hydrogen-bond donors (Lipinski definition) is 1. The highest BCUT2D eigenvalue weighted by molar-refractivity contribution is 7.16. The van der Waals surface area contributed by atoms with E-state index in [0.717, 1.165) is 33.3 Å². The predicted octanol–water partition coefficient (Wildman–Crippen LogP) is 4.16. The third-order valence-electron chi connectivity index (χ3n) is 5.57. The molecule has 1 atom stereocenters. The number of rotatable bonds is 7. The van der Waals surface area contributed by atoms with Crippen molar-refractivity contribution >= 4 is 51.5 Å². The summed E-state index contributed by atoms with van der Waals surface area (Å²) in [6.07, 6.45) is 1.06. The van der Waals surface area contributed by atoms with Gasteiger partial charge in [-0.2, -0.15) is 0 Å². The summed E-state index contributed by atoms with van der Waals surface area (Å²) in [5.74, 6) is -0.141. The number of amides is 1. The number of methoxy groups -OCH3 is 1. The minimum atomic E-state index is -0.698. The van der Waals surface area contributed by atoms with Gasteiger partial charge in [0.05, 0.1) is 29.4 Å². The minimum absolute atomic E-state index is 0.140. The molecule has 0 spiro atoms. The van der Waals surface area contributed by atoms with E-state index in [1.807, 2.05) is 19.1 Å². The lowest BCUT2D eigenvalue weighted by atomic mass is 10.0. The third-order valence-corrected chi connectivity index (χ3v) is 7.60. The summed E-state index contributed by atoms with van der Waals surface area (Å²) in [5, 5.41) is 1.85. The number of nitrogens with zero attached hydrogens (tertiary/aromatic N) is 3. The van der Waals surface area contributed by atoms with Crippen LogP contribution in [-0.2, 0) is 20.7 Å². The van der Waals surface area contributed by atoms with Crippen molar-refractivity contribution in [2.75, 3.05) is 38.2 Å². The third kappa shape index (κ3) is 5.80. The van der Waals surface area contributed by atoms with Crippen LogP contribution in [-0.4, -0.2) is 61.1 Å². The highest BCUT2D eigenvalue weighted by Gasteiger charge is 2.37. The number of ether oxygens (including phenoxy) is 1. The van der Waals surface area contributed by atoms with Crippen LogP contribution in [0, 0.1) is 12.8 Å². The van der Waals surface area contributed by atoms with Gasteiger partial charge in [0, 0.05) is 36.5 Å². The van der Waals surface area contributed by atoms with Crippen LogP contribution in [0.15, 0.2) is 12.1 Å².